The summed E-state index contributed by atoms with van der Waals surface area (Å²) in [5, 5.41) is 11.4. The molecule has 256 valence electrons. The Morgan fingerprint density at radius 3 is 2.29 bits per heavy atom. The minimum Gasteiger partial charge on any atom is -0.506 e. The lowest BCUT2D eigenvalue weighted by Crippen LogP contribution is -2.53. The molecule has 4 aromatic rings. The van der Waals surface area contributed by atoms with E-state index in [2.05, 4.69) is 9.88 Å². The maximum Gasteiger partial charge on any atom is 0.415 e. The number of amides is 1. The Hall–Kier alpha value is -4.51. The molecular formula is C37H37Cl2N3O7. The van der Waals surface area contributed by atoms with Crippen LogP contribution in [0.15, 0.2) is 79.1 Å². The molecule has 3 fully saturated rings. The van der Waals surface area contributed by atoms with Crippen LogP contribution in [0.3, 0.4) is 0 Å². The number of pyridine rings is 1. The van der Waals surface area contributed by atoms with Crippen molar-refractivity contribution >= 4 is 41.0 Å². The third-order valence-corrected chi connectivity index (χ3v) is 9.79. The van der Waals surface area contributed by atoms with E-state index < -0.39 is 18.2 Å². The van der Waals surface area contributed by atoms with Gasteiger partial charge >= 0.3 is 12.1 Å². The largest absolute Gasteiger partial charge is 0.506 e. The molecule has 3 aliphatic heterocycles. The summed E-state index contributed by atoms with van der Waals surface area (Å²) < 4.78 is 23.0. The van der Waals surface area contributed by atoms with Gasteiger partial charge in [-0.3, -0.25) is 14.8 Å². The molecule has 0 aliphatic carbocycles. The number of anilines is 1. The SMILES string of the molecule is COc1ccc([C@H](Cc2c(Cl)cncc2Cl)OC(=O)c2ccc(CN(C(=O)O[C@H]3CN4CCC3CC4)c3ccccc3O)cc2)cc1OC. The molecule has 0 radical (unpaired) electrons. The Morgan fingerprint density at radius 2 is 1.65 bits per heavy atom. The van der Waals surface area contributed by atoms with E-state index in [1.54, 1.807) is 67.8 Å². The van der Waals surface area contributed by atoms with Gasteiger partial charge in [0.15, 0.2) is 11.5 Å². The minimum absolute atomic E-state index is 0.0378. The number of piperidine rings is 3. The van der Waals surface area contributed by atoms with Crippen molar-refractivity contribution in [1.82, 2.24) is 9.88 Å². The number of nitrogens with zero attached hydrogens (tertiary/aromatic N) is 3. The number of esters is 1. The van der Waals surface area contributed by atoms with Gasteiger partial charge in [0.2, 0.25) is 0 Å². The number of ether oxygens (including phenoxy) is 4. The van der Waals surface area contributed by atoms with Crippen LogP contribution in [0.2, 0.25) is 10.0 Å². The zero-order valence-electron chi connectivity index (χ0n) is 27.2. The molecule has 3 saturated heterocycles. The van der Waals surface area contributed by atoms with Gasteiger partial charge in [-0.2, -0.15) is 0 Å². The number of fused-ring (bicyclic) bond motifs is 3. The van der Waals surface area contributed by atoms with Gasteiger partial charge in [-0.05, 0) is 84.9 Å². The average Bonchev–Trinajstić information content (AvgIpc) is 3.12. The molecule has 3 aliphatic rings. The Balaban J connectivity index is 1.21. The van der Waals surface area contributed by atoms with Crippen LogP contribution in [0.25, 0.3) is 0 Å². The van der Waals surface area contributed by atoms with Gasteiger partial charge in [0.05, 0.1) is 42.1 Å². The summed E-state index contributed by atoms with van der Waals surface area (Å²) in [5.74, 6) is 0.714. The third-order valence-electron chi connectivity index (χ3n) is 9.14. The van der Waals surface area contributed by atoms with Crippen LogP contribution in [-0.4, -0.2) is 67.0 Å². The number of methoxy groups -OCH3 is 2. The highest BCUT2D eigenvalue weighted by molar-refractivity contribution is 6.35. The lowest BCUT2D eigenvalue weighted by molar-refractivity contribution is -0.0311. The molecule has 2 bridgehead atoms. The molecule has 0 saturated carbocycles. The van der Waals surface area contributed by atoms with E-state index in [1.165, 1.54) is 30.5 Å². The first kappa shape index (κ1) is 34.4. The van der Waals surface area contributed by atoms with Gasteiger partial charge in [0.1, 0.15) is 18.0 Å². The number of aromatic hydroxyl groups is 1. The molecule has 1 aromatic heterocycles. The normalized spacial score (nSPS) is 18.7. The first-order valence-corrected chi connectivity index (χ1v) is 16.8. The number of phenols is 1. The molecule has 0 unspecified atom stereocenters. The van der Waals surface area contributed by atoms with E-state index in [-0.39, 0.29) is 24.8 Å². The highest BCUT2D eigenvalue weighted by atomic mass is 35.5. The molecule has 1 amide bonds. The predicted octanol–water partition coefficient (Wildman–Crippen LogP) is 7.49. The van der Waals surface area contributed by atoms with Crippen LogP contribution < -0.4 is 14.4 Å². The topological polar surface area (TPSA) is 111 Å². The highest BCUT2D eigenvalue weighted by Gasteiger charge is 2.37. The summed E-state index contributed by atoms with van der Waals surface area (Å²) >= 11 is 12.9. The van der Waals surface area contributed by atoms with Gasteiger partial charge in [0.25, 0.3) is 0 Å². The molecular weight excluding hydrogens is 669 g/mol. The van der Waals surface area contributed by atoms with E-state index in [1.807, 2.05) is 0 Å². The van der Waals surface area contributed by atoms with Crippen molar-refractivity contribution in [3.05, 3.63) is 111 Å². The number of aromatic nitrogens is 1. The van der Waals surface area contributed by atoms with Crippen LogP contribution in [0.5, 0.6) is 17.2 Å². The monoisotopic (exact) mass is 705 g/mol. The molecule has 4 heterocycles. The Morgan fingerprint density at radius 1 is 0.959 bits per heavy atom. The number of para-hydroxylation sites is 2. The van der Waals surface area contributed by atoms with Crippen molar-refractivity contribution in [3.8, 4) is 17.2 Å². The van der Waals surface area contributed by atoms with E-state index in [4.69, 9.17) is 42.1 Å². The zero-order valence-corrected chi connectivity index (χ0v) is 28.7. The van der Waals surface area contributed by atoms with Crippen LogP contribution in [-0.2, 0) is 22.4 Å². The number of carbonyl (C=O) groups is 2. The quantitative estimate of drug-likeness (QED) is 0.159. The van der Waals surface area contributed by atoms with Gasteiger partial charge in [-0.1, -0.05) is 53.5 Å². The predicted molar refractivity (Wildman–Crippen MR) is 186 cm³/mol. The van der Waals surface area contributed by atoms with Gasteiger partial charge < -0.3 is 24.1 Å². The molecule has 2 atom stereocenters. The first-order chi connectivity index (χ1) is 23.7. The maximum atomic E-state index is 13.6. The summed E-state index contributed by atoms with van der Waals surface area (Å²) in [6.07, 6.45) is 3.63. The van der Waals surface area contributed by atoms with Gasteiger partial charge in [-0.25, -0.2) is 9.59 Å². The van der Waals surface area contributed by atoms with Crippen LogP contribution in [0, 0.1) is 5.92 Å². The summed E-state index contributed by atoms with van der Waals surface area (Å²) in [6.45, 7) is 2.87. The molecule has 12 heteroatoms. The smallest absolute Gasteiger partial charge is 0.415 e. The summed E-state index contributed by atoms with van der Waals surface area (Å²) in [4.78, 5) is 35.0. The molecule has 49 heavy (non-hydrogen) atoms. The lowest BCUT2D eigenvalue weighted by Gasteiger charge is -2.44. The maximum absolute atomic E-state index is 13.6. The number of hydrogen-bond acceptors (Lipinski definition) is 9. The number of halogens is 2. The van der Waals surface area contributed by atoms with E-state index in [0.717, 1.165) is 31.5 Å². The average molecular weight is 707 g/mol. The molecule has 0 spiro atoms. The summed E-state index contributed by atoms with van der Waals surface area (Å²) in [7, 11) is 3.07. The fraction of sp³-hybridized carbons (Fsp3) is 0.324. The van der Waals surface area contributed by atoms with Crippen molar-refractivity contribution < 1.29 is 33.6 Å². The Bertz CT molecular complexity index is 1780. The summed E-state index contributed by atoms with van der Waals surface area (Å²) in [6, 6.07) is 18.7. The van der Waals surface area contributed by atoms with E-state index >= 15 is 0 Å². The fourth-order valence-corrected chi connectivity index (χ4v) is 6.92. The van der Waals surface area contributed by atoms with Gasteiger partial charge in [-0.15, -0.1) is 0 Å². The van der Waals surface area contributed by atoms with Crippen LogP contribution >= 0.6 is 23.2 Å². The molecule has 1 N–H and O–H groups in total. The Labute approximate surface area is 295 Å². The Kier molecular flexibility index (Phi) is 10.8. The standard InChI is InChI=1S/C37H37Cl2N3O7/c1-46-32-12-11-26(17-34(32)47-2)33(18-27-28(38)19-40-20-29(27)39)48-36(44)25-9-7-23(8-10-25)21-42(30-5-3-4-6-31(30)43)37(45)49-35-22-41-15-13-24(35)14-16-41/h3-12,17,19-20,24,33,35,43H,13-16,18,21-22H2,1-2H3/t33-,35-/m0/s1. The fourth-order valence-electron chi connectivity index (χ4n) is 6.40. The van der Waals surface area contributed by atoms with Crippen molar-refractivity contribution in [2.24, 2.45) is 5.92 Å². The van der Waals surface area contributed by atoms with E-state index in [0.29, 0.717) is 56.4 Å². The summed E-state index contributed by atoms with van der Waals surface area (Å²) in [5.41, 5.74) is 2.58. The third kappa shape index (κ3) is 7.88. The second kappa shape index (κ2) is 15.4. The zero-order chi connectivity index (χ0) is 34.5. The molecule has 7 rings (SSSR count). The second-order valence-electron chi connectivity index (χ2n) is 12.1. The van der Waals surface area contributed by atoms with Crippen molar-refractivity contribution in [2.75, 3.05) is 38.8 Å². The lowest BCUT2D eigenvalue weighted by atomic mass is 9.86. The number of benzene rings is 3. The van der Waals surface area contributed by atoms with Crippen molar-refractivity contribution in [2.45, 2.75) is 38.0 Å². The first-order valence-electron chi connectivity index (χ1n) is 16.0. The highest BCUT2D eigenvalue weighted by Crippen LogP contribution is 2.36. The van der Waals surface area contributed by atoms with Crippen LogP contribution in [0.4, 0.5) is 10.5 Å². The number of rotatable bonds is 11. The number of phenolic OH excluding ortho intramolecular Hbond substituents is 1. The van der Waals surface area contributed by atoms with E-state index in [9.17, 15) is 14.7 Å². The molecule has 3 aromatic carbocycles. The second-order valence-corrected chi connectivity index (χ2v) is 12.9. The minimum atomic E-state index is -0.790. The number of hydrogen-bond donors (Lipinski definition) is 1. The van der Waals surface area contributed by atoms with Crippen molar-refractivity contribution in [1.29, 1.82) is 0 Å². The van der Waals surface area contributed by atoms with Gasteiger partial charge in [0, 0.05) is 25.4 Å². The van der Waals surface area contributed by atoms with Crippen molar-refractivity contribution in [3.63, 3.8) is 0 Å². The molecule has 10 nitrogen and oxygen atoms in total. The van der Waals surface area contributed by atoms with Crippen LogP contribution in [0.1, 0.15) is 46.0 Å². The number of carbonyl (C=O) groups excluding carboxylic acids is 2.